The molecule has 106 valence electrons. The molecule has 3 aromatic rings. The lowest BCUT2D eigenvalue weighted by Gasteiger charge is -2.31. The maximum Gasteiger partial charge on any atom is 0.164 e. The lowest BCUT2D eigenvalue weighted by Crippen LogP contribution is -2.26. The highest BCUT2D eigenvalue weighted by Gasteiger charge is 2.45. The summed E-state index contributed by atoms with van der Waals surface area (Å²) >= 11 is 0. The summed E-state index contributed by atoms with van der Waals surface area (Å²) in [6.07, 6.45) is 0.500. The molecule has 0 fully saturated rings. The molecule has 0 radical (unpaired) electrons. The van der Waals surface area contributed by atoms with Crippen LogP contribution in [0.4, 0.5) is 0 Å². The van der Waals surface area contributed by atoms with Gasteiger partial charge in [-0.25, -0.2) is 0 Å². The highest BCUT2D eigenvalue weighted by Crippen LogP contribution is 2.48. The van der Waals surface area contributed by atoms with Gasteiger partial charge >= 0.3 is 0 Å². The minimum absolute atomic E-state index is 0.225. The van der Waals surface area contributed by atoms with Crippen molar-refractivity contribution >= 4 is 5.78 Å². The van der Waals surface area contributed by atoms with Gasteiger partial charge < -0.3 is 0 Å². The van der Waals surface area contributed by atoms with E-state index in [9.17, 15) is 4.79 Å². The van der Waals surface area contributed by atoms with Crippen molar-refractivity contribution in [1.29, 1.82) is 0 Å². The second-order valence-electron chi connectivity index (χ2n) is 5.78. The highest BCUT2D eigenvalue weighted by atomic mass is 16.1. The van der Waals surface area contributed by atoms with Gasteiger partial charge in [-0.15, -0.1) is 0 Å². The molecular formula is C21H16O. The van der Waals surface area contributed by atoms with E-state index in [1.165, 1.54) is 11.1 Å². The fourth-order valence-corrected chi connectivity index (χ4v) is 3.66. The molecule has 3 aromatic carbocycles. The fraction of sp³-hybridized carbons (Fsp3) is 0.0952. The van der Waals surface area contributed by atoms with Crippen molar-refractivity contribution in [2.75, 3.05) is 0 Å². The van der Waals surface area contributed by atoms with Crippen LogP contribution in [0.5, 0.6) is 0 Å². The molecule has 0 bridgehead atoms. The summed E-state index contributed by atoms with van der Waals surface area (Å²) in [5.74, 6) is 0.225. The third-order valence-electron chi connectivity index (χ3n) is 4.65. The zero-order valence-electron chi connectivity index (χ0n) is 12.2. The summed E-state index contributed by atoms with van der Waals surface area (Å²) in [6.45, 7) is 0. The molecule has 0 amide bonds. The van der Waals surface area contributed by atoms with E-state index in [0.29, 0.717) is 6.42 Å². The van der Waals surface area contributed by atoms with E-state index in [2.05, 4.69) is 30.3 Å². The summed E-state index contributed by atoms with van der Waals surface area (Å²) in [6, 6.07) is 28.8. The van der Waals surface area contributed by atoms with Crippen molar-refractivity contribution in [3.05, 3.63) is 107 Å². The maximum atomic E-state index is 12.6. The molecule has 0 atom stereocenters. The van der Waals surface area contributed by atoms with Gasteiger partial charge in [0.25, 0.3) is 0 Å². The largest absolute Gasteiger partial charge is 0.294 e. The quantitative estimate of drug-likeness (QED) is 0.671. The van der Waals surface area contributed by atoms with Crippen LogP contribution in [0.1, 0.15) is 33.5 Å². The van der Waals surface area contributed by atoms with Crippen molar-refractivity contribution in [2.45, 2.75) is 11.8 Å². The summed E-state index contributed by atoms with van der Waals surface area (Å²) in [5.41, 5.74) is 3.97. The van der Waals surface area contributed by atoms with Crippen molar-refractivity contribution in [1.82, 2.24) is 0 Å². The summed E-state index contributed by atoms with van der Waals surface area (Å²) in [5, 5.41) is 0. The van der Waals surface area contributed by atoms with Crippen molar-refractivity contribution in [3.8, 4) is 0 Å². The number of carbonyl (C=O) groups excluding carboxylic acids is 1. The van der Waals surface area contributed by atoms with Crippen LogP contribution in [0.3, 0.4) is 0 Å². The van der Waals surface area contributed by atoms with Gasteiger partial charge in [-0.1, -0.05) is 84.9 Å². The average molecular weight is 284 g/mol. The van der Waals surface area contributed by atoms with Crippen molar-refractivity contribution < 1.29 is 4.79 Å². The molecule has 0 heterocycles. The predicted octanol–water partition coefficient (Wildman–Crippen LogP) is 4.61. The molecule has 0 spiro atoms. The Morgan fingerprint density at radius 1 is 0.636 bits per heavy atom. The Kier molecular flexibility index (Phi) is 2.93. The summed E-state index contributed by atoms with van der Waals surface area (Å²) < 4.78 is 0. The Balaban J connectivity index is 2.06. The van der Waals surface area contributed by atoms with Gasteiger partial charge in [0, 0.05) is 12.0 Å². The minimum atomic E-state index is -0.365. The first-order chi connectivity index (χ1) is 10.8. The lowest BCUT2D eigenvalue weighted by molar-refractivity contribution is 0.0984. The standard InChI is InChI=1S/C21H16O/c22-20-15-21(16-9-3-1-4-10-16,17-11-5-2-6-12-17)19-14-8-7-13-18(19)20/h1-14H,15H2. The van der Waals surface area contributed by atoms with Gasteiger partial charge in [0.15, 0.2) is 5.78 Å². The number of rotatable bonds is 2. The molecule has 1 aliphatic carbocycles. The zero-order chi connectivity index (χ0) is 15.0. The number of Topliss-reactive ketones (excluding diaryl/α,β-unsaturated/α-hetero) is 1. The van der Waals surface area contributed by atoms with Crippen molar-refractivity contribution in [2.24, 2.45) is 0 Å². The second-order valence-corrected chi connectivity index (χ2v) is 5.78. The highest BCUT2D eigenvalue weighted by molar-refractivity contribution is 6.03. The first-order valence-corrected chi connectivity index (χ1v) is 7.56. The molecule has 1 nitrogen and oxygen atoms in total. The van der Waals surface area contributed by atoms with E-state index in [1.807, 2.05) is 54.6 Å². The van der Waals surface area contributed by atoms with E-state index in [4.69, 9.17) is 0 Å². The Morgan fingerprint density at radius 3 is 1.73 bits per heavy atom. The molecule has 0 N–H and O–H groups in total. The minimum Gasteiger partial charge on any atom is -0.294 e. The Labute approximate surface area is 130 Å². The summed E-state index contributed by atoms with van der Waals surface area (Å²) in [7, 11) is 0. The predicted molar refractivity (Wildman–Crippen MR) is 88.2 cm³/mol. The number of ketones is 1. The Morgan fingerprint density at radius 2 is 1.14 bits per heavy atom. The second kappa shape index (κ2) is 4.96. The Hall–Kier alpha value is -2.67. The van der Waals surface area contributed by atoms with E-state index < -0.39 is 0 Å². The number of carbonyl (C=O) groups is 1. The SMILES string of the molecule is O=C1CC(c2ccccc2)(c2ccccc2)c2ccccc21. The number of fused-ring (bicyclic) bond motifs is 1. The van der Waals surface area contributed by atoms with Crippen molar-refractivity contribution in [3.63, 3.8) is 0 Å². The molecule has 0 saturated carbocycles. The van der Waals surface area contributed by atoms with Gasteiger partial charge in [0.2, 0.25) is 0 Å². The van der Waals surface area contributed by atoms with Gasteiger partial charge in [0.1, 0.15) is 0 Å². The van der Waals surface area contributed by atoms with E-state index in [0.717, 1.165) is 11.1 Å². The first kappa shape index (κ1) is 13.0. The third kappa shape index (κ3) is 1.75. The van der Waals surface area contributed by atoms with Crippen LogP contribution in [-0.4, -0.2) is 5.78 Å². The van der Waals surface area contributed by atoms with Crippen LogP contribution in [-0.2, 0) is 5.41 Å². The average Bonchev–Trinajstić information content (AvgIpc) is 2.91. The molecule has 1 heteroatoms. The normalized spacial score (nSPS) is 15.5. The molecule has 0 unspecified atom stereocenters. The van der Waals surface area contributed by atoms with Gasteiger partial charge in [-0.3, -0.25) is 4.79 Å². The van der Waals surface area contributed by atoms with Crippen LogP contribution in [0.2, 0.25) is 0 Å². The van der Waals surface area contributed by atoms with Crippen LogP contribution in [0.25, 0.3) is 0 Å². The Bertz CT molecular complexity index is 779. The lowest BCUT2D eigenvalue weighted by atomic mass is 9.70. The van der Waals surface area contributed by atoms with E-state index >= 15 is 0 Å². The molecule has 0 aromatic heterocycles. The van der Waals surface area contributed by atoms with Crippen LogP contribution >= 0.6 is 0 Å². The van der Waals surface area contributed by atoms with Crippen LogP contribution in [0.15, 0.2) is 84.9 Å². The molecule has 4 rings (SSSR count). The molecule has 22 heavy (non-hydrogen) atoms. The molecule has 0 saturated heterocycles. The monoisotopic (exact) mass is 284 g/mol. The van der Waals surface area contributed by atoms with Gasteiger partial charge in [-0.2, -0.15) is 0 Å². The summed E-state index contributed by atoms with van der Waals surface area (Å²) in [4.78, 5) is 12.6. The van der Waals surface area contributed by atoms with Gasteiger partial charge in [0.05, 0.1) is 5.41 Å². The maximum absolute atomic E-state index is 12.6. The molecular weight excluding hydrogens is 268 g/mol. The zero-order valence-corrected chi connectivity index (χ0v) is 12.2. The third-order valence-corrected chi connectivity index (χ3v) is 4.65. The van der Waals surface area contributed by atoms with Crippen LogP contribution in [0, 0.1) is 0 Å². The fourth-order valence-electron chi connectivity index (χ4n) is 3.66. The van der Waals surface area contributed by atoms with Crippen LogP contribution < -0.4 is 0 Å². The van der Waals surface area contributed by atoms with E-state index in [1.54, 1.807) is 0 Å². The first-order valence-electron chi connectivity index (χ1n) is 7.56. The van der Waals surface area contributed by atoms with Gasteiger partial charge in [-0.05, 0) is 16.7 Å². The number of benzene rings is 3. The smallest absolute Gasteiger partial charge is 0.164 e. The number of hydrogen-bond donors (Lipinski definition) is 0. The van der Waals surface area contributed by atoms with E-state index in [-0.39, 0.29) is 11.2 Å². The topological polar surface area (TPSA) is 17.1 Å². The number of hydrogen-bond acceptors (Lipinski definition) is 1. The molecule has 1 aliphatic rings. The molecule has 0 aliphatic heterocycles.